The topological polar surface area (TPSA) is 102 Å². The zero-order valence-corrected chi connectivity index (χ0v) is 12.6. The Morgan fingerprint density at radius 2 is 1.86 bits per heavy atom. The maximum Gasteiger partial charge on any atom is 0.219 e. The number of unbranched alkanes of at least 4 members (excludes halogenated alkanes) is 1. The molecule has 5 N–H and O–H groups in total. The fraction of sp³-hybridized carbons (Fsp3) is 0.625. The van der Waals surface area contributed by atoms with Crippen molar-refractivity contribution in [1.82, 2.24) is 5.32 Å². The molecule has 0 saturated carbocycles. The Balaban J connectivity index is 1.61. The van der Waals surface area contributed by atoms with E-state index in [2.05, 4.69) is 17.4 Å². The molecule has 0 aromatic heterocycles. The van der Waals surface area contributed by atoms with Crippen LogP contribution in [0.3, 0.4) is 0 Å². The van der Waals surface area contributed by atoms with E-state index in [1.54, 1.807) is 0 Å². The molecule has 1 aliphatic rings. The summed E-state index contributed by atoms with van der Waals surface area (Å²) < 4.78 is 5.14. The van der Waals surface area contributed by atoms with Crippen molar-refractivity contribution in [2.45, 2.75) is 43.4 Å². The Hall–Kier alpha value is -1.02. The fourth-order valence-electron chi connectivity index (χ4n) is 2.63. The summed E-state index contributed by atoms with van der Waals surface area (Å²) in [7, 11) is 0. The van der Waals surface area contributed by atoms with Crippen molar-refractivity contribution in [3.05, 3.63) is 35.9 Å². The van der Waals surface area contributed by atoms with Gasteiger partial charge in [-0.25, -0.2) is 0 Å². The molecule has 0 spiro atoms. The molecule has 0 bridgehead atoms. The molecule has 1 aromatic rings. The molecule has 124 valence electrons. The third-order valence-corrected chi connectivity index (χ3v) is 4.01. The van der Waals surface area contributed by atoms with Crippen molar-refractivity contribution in [2.75, 3.05) is 19.7 Å². The standard InChI is InChI=1S/C16H25NO5/c18-11-16(21)15(20)14(19)13(22-16)10-17-9-5-4-8-12-6-2-1-3-7-12/h1-3,6-7,13-15,17-21H,4-5,8-11H2/t13-,14+,15-,16+/m0/s1. The van der Waals surface area contributed by atoms with E-state index in [0.29, 0.717) is 6.54 Å². The summed E-state index contributed by atoms with van der Waals surface area (Å²) in [6.45, 7) is 0.317. The monoisotopic (exact) mass is 311 g/mol. The molecule has 6 nitrogen and oxygen atoms in total. The first-order chi connectivity index (χ1) is 10.6. The molecule has 0 aliphatic carbocycles. The van der Waals surface area contributed by atoms with Gasteiger partial charge in [0.05, 0.1) is 6.61 Å². The second-order valence-corrected chi connectivity index (χ2v) is 5.74. The molecule has 22 heavy (non-hydrogen) atoms. The molecule has 2 rings (SSSR count). The van der Waals surface area contributed by atoms with E-state index in [9.17, 15) is 15.3 Å². The largest absolute Gasteiger partial charge is 0.391 e. The lowest BCUT2D eigenvalue weighted by atomic mass is 10.1. The van der Waals surface area contributed by atoms with E-state index in [1.165, 1.54) is 5.56 Å². The Bertz CT molecular complexity index is 443. The third kappa shape index (κ3) is 4.25. The van der Waals surface area contributed by atoms with Gasteiger partial charge in [0, 0.05) is 6.54 Å². The van der Waals surface area contributed by atoms with Crippen LogP contribution in [-0.4, -0.2) is 64.2 Å². The highest BCUT2D eigenvalue weighted by Crippen LogP contribution is 2.28. The minimum atomic E-state index is -2.07. The lowest BCUT2D eigenvalue weighted by Crippen LogP contribution is -2.46. The van der Waals surface area contributed by atoms with Gasteiger partial charge in [-0.1, -0.05) is 30.3 Å². The lowest BCUT2D eigenvalue weighted by molar-refractivity contribution is -0.245. The van der Waals surface area contributed by atoms with E-state index in [4.69, 9.17) is 9.84 Å². The first-order valence-corrected chi connectivity index (χ1v) is 7.68. The average molecular weight is 311 g/mol. The first kappa shape index (κ1) is 17.3. The van der Waals surface area contributed by atoms with Crippen LogP contribution >= 0.6 is 0 Å². The highest BCUT2D eigenvalue weighted by molar-refractivity contribution is 5.14. The predicted molar refractivity (Wildman–Crippen MR) is 81.2 cm³/mol. The Morgan fingerprint density at radius 3 is 2.50 bits per heavy atom. The van der Waals surface area contributed by atoms with E-state index < -0.39 is 30.7 Å². The predicted octanol–water partition coefficient (Wildman–Crippen LogP) is -0.600. The quantitative estimate of drug-likeness (QED) is 0.411. The van der Waals surface area contributed by atoms with Crippen molar-refractivity contribution in [2.24, 2.45) is 0 Å². The van der Waals surface area contributed by atoms with Crippen LogP contribution in [0.5, 0.6) is 0 Å². The number of rotatable bonds is 8. The molecule has 4 atom stereocenters. The van der Waals surface area contributed by atoms with Crippen molar-refractivity contribution >= 4 is 0 Å². The SMILES string of the molecule is OC[C@@]1(O)O[C@@H](CNCCCCc2ccccc2)[C@@H](O)[C@@H]1O. The smallest absolute Gasteiger partial charge is 0.219 e. The molecule has 1 aromatic carbocycles. The summed E-state index contributed by atoms with van der Waals surface area (Å²) in [6, 6.07) is 10.3. The van der Waals surface area contributed by atoms with Crippen LogP contribution in [0.25, 0.3) is 0 Å². The number of nitrogens with one attached hydrogen (secondary N) is 1. The van der Waals surface area contributed by atoms with Crippen molar-refractivity contribution < 1.29 is 25.2 Å². The molecular weight excluding hydrogens is 286 g/mol. The summed E-state index contributed by atoms with van der Waals surface area (Å²) in [6.07, 6.45) is -0.398. The van der Waals surface area contributed by atoms with Crippen molar-refractivity contribution in [3.8, 4) is 0 Å². The number of aliphatic hydroxyl groups excluding tert-OH is 3. The summed E-state index contributed by atoms with van der Waals surface area (Å²) in [5, 5.41) is 41.3. The molecule has 1 heterocycles. The Kier molecular flexibility index (Phi) is 6.31. The highest BCUT2D eigenvalue weighted by atomic mass is 16.7. The number of aryl methyl sites for hydroxylation is 1. The molecule has 1 fully saturated rings. The van der Waals surface area contributed by atoms with Gasteiger partial charge in [0.15, 0.2) is 0 Å². The van der Waals surface area contributed by atoms with E-state index in [-0.39, 0.29) is 0 Å². The Morgan fingerprint density at radius 1 is 1.14 bits per heavy atom. The van der Waals surface area contributed by atoms with Gasteiger partial charge in [0.2, 0.25) is 5.79 Å². The van der Waals surface area contributed by atoms with Gasteiger partial charge in [0.1, 0.15) is 18.3 Å². The zero-order valence-electron chi connectivity index (χ0n) is 12.6. The van der Waals surface area contributed by atoms with Crippen LogP contribution in [0.2, 0.25) is 0 Å². The normalized spacial score (nSPS) is 31.5. The van der Waals surface area contributed by atoms with Crippen LogP contribution in [0.15, 0.2) is 30.3 Å². The maximum absolute atomic E-state index is 9.79. The minimum Gasteiger partial charge on any atom is -0.391 e. The fourth-order valence-corrected chi connectivity index (χ4v) is 2.63. The third-order valence-electron chi connectivity index (χ3n) is 4.01. The van der Waals surface area contributed by atoms with E-state index in [1.807, 2.05) is 18.2 Å². The lowest BCUT2D eigenvalue weighted by Gasteiger charge is -2.22. The average Bonchev–Trinajstić information content (AvgIpc) is 2.76. The van der Waals surface area contributed by atoms with Gasteiger partial charge in [-0.3, -0.25) is 0 Å². The van der Waals surface area contributed by atoms with Gasteiger partial charge >= 0.3 is 0 Å². The minimum absolute atomic E-state index is 0.311. The molecule has 0 unspecified atom stereocenters. The van der Waals surface area contributed by atoms with Gasteiger partial charge < -0.3 is 30.5 Å². The van der Waals surface area contributed by atoms with Crippen molar-refractivity contribution in [3.63, 3.8) is 0 Å². The summed E-state index contributed by atoms with van der Waals surface area (Å²) in [5.74, 6) is -2.07. The van der Waals surface area contributed by atoms with Crippen LogP contribution in [0.1, 0.15) is 18.4 Å². The Labute approximate surface area is 130 Å². The summed E-state index contributed by atoms with van der Waals surface area (Å²) >= 11 is 0. The molecular formula is C16H25NO5. The number of benzene rings is 1. The van der Waals surface area contributed by atoms with Gasteiger partial charge in [-0.15, -0.1) is 0 Å². The van der Waals surface area contributed by atoms with Crippen LogP contribution < -0.4 is 5.32 Å². The first-order valence-electron chi connectivity index (χ1n) is 7.68. The zero-order chi connectivity index (χ0) is 16.0. The van der Waals surface area contributed by atoms with Crippen LogP contribution in [0.4, 0.5) is 0 Å². The summed E-state index contributed by atoms with van der Waals surface area (Å²) in [4.78, 5) is 0. The van der Waals surface area contributed by atoms with Gasteiger partial charge in [-0.05, 0) is 31.4 Å². The molecule has 6 heteroatoms. The molecule has 0 radical (unpaired) electrons. The van der Waals surface area contributed by atoms with E-state index in [0.717, 1.165) is 25.8 Å². The van der Waals surface area contributed by atoms with Gasteiger partial charge in [-0.2, -0.15) is 0 Å². The highest BCUT2D eigenvalue weighted by Gasteiger charge is 2.52. The van der Waals surface area contributed by atoms with Crippen LogP contribution in [0, 0.1) is 0 Å². The number of aliphatic hydroxyl groups is 4. The molecule has 1 saturated heterocycles. The number of ether oxygens (including phenoxy) is 1. The van der Waals surface area contributed by atoms with Crippen molar-refractivity contribution in [1.29, 1.82) is 0 Å². The molecule has 0 amide bonds. The maximum atomic E-state index is 9.79. The van der Waals surface area contributed by atoms with Gasteiger partial charge in [0.25, 0.3) is 0 Å². The molecule has 1 aliphatic heterocycles. The summed E-state index contributed by atoms with van der Waals surface area (Å²) in [5.41, 5.74) is 1.31. The number of hydrogen-bond acceptors (Lipinski definition) is 6. The second-order valence-electron chi connectivity index (χ2n) is 5.74. The van der Waals surface area contributed by atoms with Crippen LogP contribution in [-0.2, 0) is 11.2 Å². The second kappa shape index (κ2) is 8.01. The van der Waals surface area contributed by atoms with E-state index >= 15 is 0 Å². The number of hydrogen-bond donors (Lipinski definition) is 5.